The van der Waals surface area contributed by atoms with Crippen molar-refractivity contribution < 1.29 is 22.7 Å². The zero-order valence-electron chi connectivity index (χ0n) is 11.4. The summed E-state index contributed by atoms with van der Waals surface area (Å²) in [7, 11) is 0.780. The maximum atomic E-state index is 13.9. The third kappa shape index (κ3) is 2.99. The second-order valence-corrected chi connectivity index (χ2v) is 4.83. The number of pyridine rings is 1. The fourth-order valence-electron chi connectivity index (χ4n) is 1.85. The van der Waals surface area contributed by atoms with Gasteiger partial charge >= 0.3 is 11.9 Å². The number of rotatable bonds is 2. The van der Waals surface area contributed by atoms with Gasteiger partial charge in [0.15, 0.2) is 11.6 Å². The van der Waals surface area contributed by atoms with Gasteiger partial charge in [-0.05, 0) is 6.07 Å². The Balaban J connectivity index is 2.84. The average molecular weight is 354 g/mol. The van der Waals surface area contributed by atoms with Gasteiger partial charge in [0.1, 0.15) is 5.69 Å². The minimum atomic E-state index is -4.94. The molecule has 0 aliphatic rings. The molecule has 0 aliphatic carbocycles. The second kappa shape index (κ2) is 5.78. The third-order valence-corrected chi connectivity index (χ3v) is 3.28. The van der Waals surface area contributed by atoms with E-state index < -0.39 is 41.4 Å². The maximum Gasteiger partial charge on any atom is 0.431 e. The van der Waals surface area contributed by atoms with E-state index >= 15 is 0 Å². The molecule has 0 amide bonds. The van der Waals surface area contributed by atoms with E-state index in [1.165, 1.54) is 0 Å². The molecule has 0 saturated heterocycles. The lowest BCUT2D eigenvalue weighted by molar-refractivity contribution is -0.144. The molecule has 2 aromatic heterocycles. The average Bonchev–Trinajstić information content (AvgIpc) is 2.44. The SMILES string of the molecule is Cn1c(C(F)(F)F)cc(=O)n(-c2nc(CO)c(Cl)cc2F)c1=O. The highest BCUT2D eigenvalue weighted by molar-refractivity contribution is 6.31. The van der Waals surface area contributed by atoms with Crippen LogP contribution >= 0.6 is 11.6 Å². The fourth-order valence-corrected chi connectivity index (χ4v) is 2.05. The van der Waals surface area contributed by atoms with Crippen molar-refractivity contribution in [2.75, 3.05) is 0 Å². The van der Waals surface area contributed by atoms with Crippen LogP contribution in [0.5, 0.6) is 0 Å². The Bertz CT molecular complexity index is 889. The van der Waals surface area contributed by atoms with E-state index in [0.717, 1.165) is 7.05 Å². The predicted molar refractivity (Wildman–Crippen MR) is 71.0 cm³/mol. The minimum absolute atomic E-state index is 0.125. The van der Waals surface area contributed by atoms with Crippen molar-refractivity contribution in [3.8, 4) is 5.82 Å². The largest absolute Gasteiger partial charge is 0.431 e. The molecule has 2 aromatic rings. The number of aliphatic hydroxyl groups excluding tert-OH is 1. The van der Waals surface area contributed by atoms with Gasteiger partial charge in [-0.3, -0.25) is 9.36 Å². The van der Waals surface area contributed by atoms with Gasteiger partial charge in [0, 0.05) is 13.1 Å². The standard InChI is InChI=1S/C12H8ClF4N3O3/c1-19-8(12(15,16)17)3-9(22)20(11(19)23)10-6(14)2-5(13)7(4-21)18-10/h2-3,21H,4H2,1H3. The van der Waals surface area contributed by atoms with Crippen LogP contribution < -0.4 is 11.2 Å². The molecule has 2 heterocycles. The Morgan fingerprint density at radius 1 is 1.30 bits per heavy atom. The lowest BCUT2D eigenvalue weighted by atomic mass is 10.3. The van der Waals surface area contributed by atoms with E-state index in [-0.39, 0.29) is 25.9 Å². The van der Waals surface area contributed by atoms with Crippen LogP contribution in [0.25, 0.3) is 5.82 Å². The highest BCUT2D eigenvalue weighted by Crippen LogP contribution is 2.27. The van der Waals surface area contributed by atoms with E-state index in [1.807, 2.05) is 0 Å². The zero-order valence-corrected chi connectivity index (χ0v) is 12.1. The molecular formula is C12H8ClF4N3O3. The number of halogens is 5. The summed E-state index contributed by atoms with van der Waals surface area (Å²) in [6.07, 6.45) is -4.94. The first-order valence-electron chi connectivity index (χ1n) is 5.94. The molecule has 0 unspecified atom stereocenters. The number of alkyl halides is 3. The summed E-state index contributed by atoms with van der Waals surface area (Å²) in [6, 6.07) is 0.842. The van der Waals surface area contributed by atoms with Crippen molar-refractivity contribution >= 4 is 11.6 Å². The van der Waals surface area contributed by atoms with E-state index in [1.54, 1.807) is 0 Å². The fraction of sp³-hybridized carbons (Fsp3) is 0.250. The van der Waals surface area contributed by atoms with Crippen LogP contribution in [0.4, 0.5) is 17.6 Å². The molecule has 0 aliphatic heterocycles. The minimum Gasteiger partial charge on any atom is -0.390 e. The van der Waals surface area contributed by atoms with Crippen molar-refractivity contribution in [3.63, 3.8) is 0 Å². The van der Waals surface area contributed by atoms with Gasteiger partial charge in [-0.25, -0.2) is 18.7 Å². The van der Waals surface area contributed by atoms with Crippen molar-refractivity contribution in [2.24, 2.45) is 7.05 Å². The highest BCUT2D eigenvalue weighted by Gasteiger charge is 2.35. The second-order valence-electron chi connectivity index (χ2n) is 4.42. The molecule has 0 radical (unpaired) electrons. The predicted octanol–water partition coefficient (Wildman–Crippen LogP) is 1.23. The Hall–Kier alpha value is -2.20. The Morgan fingerprint density at radius 2 is 1.91 bits per heavy atom. The van der Waals surface area contributed by atoms with Gasteiger partial charge in [0.2, 0.25) is 0 Å². The smallest absolute Gasteiger partial charge is 0.390 e. The molecule has 11 heteroatoms. The number of aromatic nitrogens is 3. The van der Waals surface area contributed by atoms with E-state index in [4.69, 9.17) is 16.7 Å². The number of hydrogen-bond donors (Lipinski definition) is 1. The summed E-state index contributed by atoms with van der Waals surface area (Å²) in [4.78, 5) is 27.4. The normalized spacial score (nSPS) is 11.8. The first-order valence-corrected chi connectivity index (χ1v) is 6.32. The summed E-state index contributed by atoms with van der Waals surface area (Å²) in [6.45, 7) is -0.720. The molecule has 124 valence electrons. The van der Waals surface area contributed by atoms with Gasteiger partial charge in [-0.1, -0.05) is 11.6 Å². The van der Waals surface area contributed by atoms with Crippen LogP contribution in [-0.4, -0.2) is 19.2 Å². The van der Waals surface area contributed by atoms with Crippen LogP contribution in [0.2, 0.25) is 5.02 Å². The topological polar surface area (TPSA) is 77.1 Å². The Kier molecular flexibility index (Phi) is 4.31. The molecule has 0 spiro atoms. The molecule has 0 aromatic carbocycles. The van der Waals surface area contributed by atoms with Crippen LogP contribution in [0.1, 0.15) is 11.4 Å². The third-order valence-electron chi connectivity index (χ3n) is 2.96. The van der Waals surface area contributed by atoms with Crippen molar-refractivity contribution in [3.05, 3.63) is 55.2 Å². The van der Waals surface area contributed by atoms with E-state index in [2.05, 4.69) is 4.98 Å². The molecule has 1 N–H and O–H groups in total. The van der Waals surface area contributed by atoms with E-state index in [9.17, 15) is 27.2 Å². The van der Waals surface area contributed by atoms with Crippen molar-refractivity contribution in [1.29, 1.82) is 0 Å². The molecule has 23 heavy (non-hydrogen) atoms. The quantitative estimate of drug-likeness (QED) is 0.824. The lowest BCUT2D eigenvalue weighted by Crippen LogP contribution is -2.41. The molecule has 2 rings (SSSR count). The van der Waals surface area contributed by atoms with Crippen molar-refractivity contribution in [2.45, 2.75) is 12.8 Å². The molecule has 0 atom stereocenters. The van der Waals surface area contributed by atoms with Crippen LogP contribution in [0.3, 0.4) is 0 Å². The van der Waals surface area contributed by atoms with Gasteiger partial charge in [0.05, 0.1) is 17.3 Å². The summed E-state index contributed by atoms with van der Waals surface area (Å²) in [5.74, 6) is -2.05. The van der Waals surface area contributed by atoms with Gasteiger partial charge in [-0.15, -0.1) is 0 Å². The Morgan fingerprint density at radius 3 is 2.43 bits per heavy atom. The van der Waals surface area contributed by atoms with Gasteiger partial charge in [-0.2, -0.15) is 13.2 Å². The molecule has 0 saturated carbocycles. The lowest BCUT2D eigenvalue weighted by Gasteiger charge is -2.14. The molecule has 6 nitrogen and oxygen atoms in total. The van der Waals surface area contributed by atoms with Crippen LogP contribution in [0, 0.1) is 5.82 Å². The first kappa shape index (κ1) is 17.2. The van der Waals surface area contributed by atoms with Gasteiger partial charge < -0.3 is 5.11 Å². The Labute approximate surface area is 130 Å². The number of nitrogens with zero attached hydrogens (tertiary/aromatic N) is 3. The first-order chi connectivity index (χ1) is 10.6. The van der Waals surface area contributed by atoms with E-state index in [0.29, 0.717) is 6.07 Å². The molecule has 0 bridgehead atoms. The van der Waals surface area contributed by atoms with Crippen LogP contribution in [0.15, 0.2) is 21.7 Å². The summed E-state index contributed by atoms with van der Waals surface area (Å²) >= 11 is 5.60. The maximum absolute atomic E-state index is 13.9. The number of hydrogen-bond acceptors (Lipinski definition) is 4. The zero-order chi connectivity index (χ0) is 17.5. The highest BCUT2D eigenvalue weighted by atomic mass is 35.5. The van der Waals surface area contributed by atoms with Gasteiger partial charge in [0.25, 0.3) is 5.56 Å². The monoisotopic (exact) mass is 353 g/mol. The van der Waals surface area contributed by atoms with Crippen molar-refractivity contribution in [1.82, 2.24) is 14.1 Å². The molecule has 0 fully saturated rings. The number of aliphatic hydroxyl groups is 1. The summed E-state index contributed by atoms with van der Waals surface area (Å²) < 4.78 is 52.4. The summed E-state index contributed by atoms with van der Waals surface area (Å²) in [5.41, 5.74) is -4.59. The summed E-state index contributed by atoms with van der Waals surface area (Å²) in [5, 5.41) is 8.78. The molecular weight excluding hydrogens is 346 g/mol. The van der Waals surface area contributed by atoms with Crippen LogP contribution in [-0.2, 0) is 19.8 Å².